The second kappa shape index (κ2) is 8.80. The zero-order valence-electron chi connectivity index (χ0n) is 14.5. The van der Waals surface area contributed by atoms with Gasteiger partial charge in [0.25, 0.3) is 0 Å². The molecule has 2 N–H and O–H groups in total. The number of carbonyl (C=O) groups excluding carboxylic acids is 2. The third-order valence-electron chi connectivity index (χ3n) is 4.59. The SMILES string of the molecule is COC(CN)CC(=O)N1CCN(C(=O)Cc2ccccc2C)CC1. The van der Waals surface area contributed by atoms with E-state index in [2.05, 4.69) is 0 Å². The molecule has 1 aromatic carbocycles. The molecule has 1 saturated heterocycles. The Hall–Kier alpha value is -1.92. The van der Waals surface area contributed by atoms with Crippen LogP contribution in [0.5, 0.6) is 0 Å². The molecule has 2 rings (SSSR count). The molecule has 1 fully saturated rings. The van der Waals surface area contributed by atoms with Crippen LogP contribution < -0.4 is 5.73 Å². The van der Waals surface area contributed by atoms with Gasteiger partial charge in [0.15, 0.2) is 0 Å². The van der Waals surface area contributed by atoms with Gasteiger partial charge in [0.1, 0.15) is 0 Å². The minimum absolute atomic E-state index is 0.0401. The Morgan fingerprint density at radius 2 is 1.71 bits per heavy atom. The number of amides is 2. The van der Waals surface area contributed by atoms with Gasteiger partial charge in [0, 0.05) is 39.8 Å². The Morgan fingerprint density at radius 3 is 2.25 bits per heavy atom. The van der Waals surface area contributed by atoms with Crippen molar-refractivity contribution in [2.45, 2.75) is 25.9 Å². The molecular weight excluding hydrogens is 306 g/mol. The molecule has 0 spiro atoms. The number of nitrogens with two attached hydrogens (primary N) is 1. The van der Waals surface area contributed by atoms with Gasteiger partial charge in [-0.2, -0.15) is 0 Å². The topological polar surface area (TPSA) is 75.9 Å². The Kier molecular flexibility index (Phi) is 6.75. The predicted octanol–water partition coefficient (Wildman–Crippen LogP) is 0.572. The van der Waals surface area contributed by atoms with Gasteiger partial charge in [-0.05, 0) is 18.1 Å². The number of methoxy groups -OCH3 is 1. The minimum Gasteiger partial charge on any atom is -0.380 e. The summed E-state index contributed by atoms with van der Waals surface area (Å²) >= 11 is 0. The smallest absolute Gasteiger partial charge is 0.227 e. The normalized spacial score (nSPS) is 16.1. The van der Waals surface area contributed by atoms with Crippen molar-refractivity contribution < 1.29 is 14.3 Å². The summed E-state index contributed by atoms with van der Waals surface area (Å²) in [5.74, 6) is 0.159. The van der Waals surface area contributed by atoms with Crippen LogP contribution in [0.2, 0.25) is 0 Å². The van der Waals surface area contributed by atoms with E-state index >= 15 is 0 Å². The standard InChI is InChI=1S/C18H27N3O3/c1-14-5-3-4-6-15(14)11-17(22)20-7-9-21(10-8-20)18(23)12-16(13-19)24-2/h3-6,16H,7-13,19H2,1-2H3. The molecule has 132 valence electrons. The van der Waals surface area contributed by atoms with E-state index in [1.807, 2.05) is 36.1 Å². The number of carbonyl (C=O) groups is 2. The summed E-state index contributed by atoms with van der Waals surface area (Å²) in [5.41, 5.74) is 7.75. The highest BCUT2D eigenvalue weighted by Gasteiger charge is 2.25. The van der Waals surface area contributed by atoms with Crippen molar-refractivity contribution in [2.75, 3.05) is 39.8 Å². The van der Waals surface area contributed by atoms with Crippen molar-refractivity contribution in [3.05, 3.63) is 35.4 Å². The van der Waals surface area contributed by atoms with E-state index in [1.165, 1.54) is 0 Å². The van der Waals surface area contributed by atoms with E-state index in [4.69, 9.17) is 10.5 Å². The summed E-state index contributed by atoms with van der Waals surface area (Å²) in [7, 11) is 1.56. The highest BCUT2D eigenvalue weighted by atomic mass is 16.5. The molecule has 0 saturated carbocycles. The molecule has 6 nitrogen and oxygen atoms in total. The van der Waals surface area contributed by atoms with Crippen LogP contribution in [0, 0.1) is 6.92 Å². The lowest BCUT2D eigenvalue weighted by Crippen LogP contribution is -2.51. The van der Waals surface area contributed by atoms with E-state index in [9.17, 15) is 9.59 Å². The van der Waals surface area contributed by atoms with Crippen molar-refractivity contribution in [3.63, 3.8) is 0 Å². The fourth-order valence-electron chi connectivity index (χ4n) is 2.88. The molecule has 0 aliphatic carbocycles. The van der Waals surface area contributed by atoms with E-state index in [0.717, 1.165) is 11.1 Å². The maximum Gasteiger partial charge on any atom is 0.227 e. The molecule has 2 amide bonds. The minimum atomic E-state index is -0.238. The van der Waals surface area contributed by atoms with Crippen molar-refractivity contribution in [3.8, 4) is 0 Å². The van der Waals surface area contributed by atoms with Crippen LogP contribution in [-0.2, 0) is 20.7 Å². The quantitative estimate of drug-likeness (QED) is 0.826. The van der Waals surface area contributed by atoms with Crippen molar-refractivity contribution in [2.24, 2.45) is 5.73 Å². The molecule has 1 atom stereocenters. The number of hydrogen-bond acceptors (Lipinski definition) is 4. The van der Waals surface area contributed by atoms with E-state index in [-0.39, 0.29) is 17.9 Å². The number of ether oxygens (including phenoxy) is 1. The molecule has 0 aromatic heterocycles. The van der Waals surface area contributed by atoms with E-state index < -0.39 is 0 Å². The molecule has 6 heteroatoms. The first-order chi connectivity index (χ1) is 11.5. The van der Waals surface area contributed by atoms with Gasteiger partial charge in [0.05, 0.1) is 18.9 Å². The maximum absolute atomic E-state index is 12.5. The largest absolute Gasteiger partial charge is 0.380 e. The van der Waals surface area contributed by atoms with Crippen molar-refractivity contribution in [1.29, 1.82) is 0 Å². The summed E-state index contributed by atoms with van der Waals surface area (Å²) in [6, 6.07) is 7.94. The molecule has 24 heavy (non-hydrogen) atoms. The number of nitrogens with zero attached hydrogens (tertiary/aromatic N) is 2. The first-order valence-electron chi connectivity index (χ1n) is 8.38. The second-order valence-electron chi connectivity index (χ2n) is 6.16. The third kappa shape index (κ3) is 4.79. The maximum atomic E-state index is 12.5. The molecule has 1 unspecified atom stereocenters. The first-order valence-corrected chi connectivity index (χ1v) is 8.38. The Bertz CT molecular complexity index is 564. The lowest BCUT2D eigenvalue weighted by atomic mass is 10.1. The van der Waals surface area contributed by atoms with Crippen LogP contribution in [0.15, 0.2) is 24.3 Å². The van der Waals surface area contributed by atoms with Gasteiger partial charge in [-0.1, -0.05) is 24.3 Å². The van der Waals surface area contributed by atoms with Crippen LogP contribution in [0.3, 0.4) is 0 Å². The molecule has 1 heterocycles. The number of aryl methyl sites for hydroxylation is 1. The first kappa shape index (κ1) is 18.4. The van der Waals surface area contributed by atoms with Crippen LogP contribution in [0.25, 0.3) is 0 Å². The highest BCUT2D eigenvalue weighted by molar-refractivity contribution is 5.80. The lowest BCUT2D eigenvalue weighted by molar-refractivity contribution is -0.140. The van der Waals surface area contributed by atoms with Gasteiger partial charge in [-0.3, -0.25) is 9.59 Å². The number of benzene rings is 1. The number of rotatable bonds is 6. The van der Waals surface area contributed by atoms with Gasteiger partial charge in [0.2, 0.25) is 11.8 Å². The third-order valence-corrected chi connectivity index (χ3v) is 4.59. The van der Waals surface area contributed by atoms with Gasteiger partial charge in [-0.15, -0.1) is 0 Å². The summed E-state index contributed by atoms with van der Waals surface area (Å²) in [6.07, 6.45) is 0.474. The van der Waals surface area contributed by atoms with Crippen molar-refractivity contribution in [1.82, 2.24) is 9.80 Å². The molecule has 1 aliphatic heterocycles. The average molecular weight is 333 g/mol. The molecule has 0 radical (unpaired) electrons. The van der Waals surface area contributed by atoms with E-state index in [0.29, 0.717) is 45.6 Å². The summed E-state index contributed by atoms with van der Waals surface area (Å²) in [5, 5.41) is 0. The van der Waals surface area contributed by atoms with Crippen molar-refractivity contribution >= 4 is 11.8 Å². The van der Waals surface area contributed by atoms with Gasteiger partial charge in [-0.25, -0.2) is 0 Å². The zero-order valence-corrected chi connectivity index (χ0v) is 14.5. The Labute approximate surface area is 143 Å². The van der Waals surface area contributed by atoms with Crippen LogP contribution >= 0.6 is 0 Å². The number of hydrogen-bond donors (Lipinski definition) is 1. The lowest BCUT2D eigenvalue weighted by Gasteiger charge is -2.35. The molecule has 1 aromatic rings. The monoisotopic (exact) mass is 333 g/mol. The van der Waals surface area contributed by atoms with Gasteiger partial charge < -0.3 is 20.3 Å². The summed E-state index contributed by atoms with van der Waals surface area (Å²) < 4.78 is 5.16. The average Bonchev–Trinajstić information content (AvgIpc) is 2.61. The van der Waals surface area contributed by atoms with Crippen LogP contribution in [-0.4, -0.2) is 67.6 Å². The summed E-state index contributed by atoms with van der Waals surface area (Å²) in [4.78, 5) is 28.3. The fourth-order valence-corrected chi connectivity index (χ4v) is 2.88. The Balaban J connectivity index is 1.83. The Morgan fingerprint density at radius 1 is 1.12 bits per heavy atom. The van der Waals surface area contributed by atoms with Gasteiger partial charge >= 0.3 is 0 Å². The summed E-state index contributed by atoms with van der Waals surface area (Å²) in [6.45, 7) is 4.64. The zero-order chi connectivity index (χ0) is 17.5. The number of piperazine rings is 1. The molecule has 1 aliphatic rings. The second-order valence-corrected chi connectivity index (χ2v) is 6.16. The highest BCUT2D eigenvalue weighted by Crippen LogP contribution is 2.12. The molecular formula is C18H27N3O3. The van der Waals surface area contributed by atoms with E-state index in [1.54, 1.807) is 12.0 Å². The van der Waals surface area contributed by atoms with Crippen LogP contribution in [0.1, 0.15) is 17.5 Å². The predicted molar refractivity (Wildman–Crippen MR) is 92.5 cm³/mol. The van der Waals surface area contributed by atoms with Crippen LogP contribution in [0.4, 0.5) is 0 Å². The molecule has 0 bridgehead atoms. The fraction of sp³-hybridized carbons (Fsp3) is 0.556.